The van der Waals surface area contributed by atoms with Crippen molar-refractivity contribution in [2.45, 2.75) is 45.7 Å². The van der Waals surface area contributed by atoms with E-state index in [-0.39, 0.29) is 11.7 Å². The number of halogens is 1. The van der Waals surface area contributed by atoms with E-state index in [4.69, 9.17) is 10.9 Å². The Balaban J connectivity index is 2.02. The van der Waals surface area contributed by atoms with Crippen LogP contribution in [0.2, 0.25) is 0 Å². The smallest absolute Gasteiger partial charge is 0.170 e. The maximum Gasteiger partial charge on any atom is 0.170 e. The van der Waals surface area contributed by atoms with E-state index in [2.05, 4.69) is 24.3 Å². The van der Waals surface area contributed by atoms with Crippen LogP contribution in [-0.2, 0) is 6.54 Å². The van der Waals surface area contributed by atoms with Crippen LogP contribution in [0.4, 0.5) is 4.39 Å². The van der Waals surface area contributed by atoms with Gasteiger partial charge in [0.1, 0.15) is 5.82 Å². The van der Waals surface area contributed by atoms with Crippen LogP contribution in [0.5, 0.6) is 0 Å². The van der Waals surface area contributed by atoms with Gasteiger partial charge < -0.3 is 16.3 Å². The minimum Gasteiger partial charge on any atom is -0.409 e. The van der Waals surface area contributed by atoms with Gasteiger partial charge in [-0.3, -0.25) is 0 Å². The van der Waals surface area contributed by atoms with E-state index in [1.165, 1.54) is 31.4 Å². The molecule has 1 aliphatic rings. The van der Waals surface area contributed by atoms with E-state index in [1.54, 1.807) is 6.07 Å². The second-order valence-electron chi connectivity index (χ2n) is 5.93. The van der Waals surface area contributed by atoms with E-state index in [9.17, 15) is 4.39 Å². The molecule has 0 amide bonds. The summed E-state index contributed by atoms with van der Waals surface area (Å²) in [5.74, 6) is 0.979. The fourth-order valence-electron chi connectivity index (χ4n) is 3.32. The lowest BCUT2D eigenvalue weighted by Gasteiger charge is -2.21. The fraction of sp³-hybridized carbons (Fsp3) is 0.562. The Morgan fingerprint density at radius 2 is 2.19 bits per heavy atom. The highest BCUT2D eigenvalue weighted by Gasteiger charge is 2.30. The van der Waals surface area contributed by atoms with Crippen molar-refractivity contribution in [1.29, 1.82) is 0 Å². The van der Waals surface area contributed by atoms with Crippen molar-refractivity contribution in [2.75, 3.05) is 0 Å². The molecular formula is C16H24FN3O. The summed E-state index contributed by atoms with van der Waals surface area (Å²) in [5.41, 5.74) is 6.73. The van der Waals surface area contributed by atoms with Gasteiger partial charge in [0.05, 0.1) is 0 Å². The van der Waals surface area contributed by atoms with Crippen molar-refractivity contribution in [3.05, 3.63) is 35.1 Å². The third-order valence-electron chi connectivity index (χ3n) is 4.68. The molecule has 21 heavy (non-hydrogen) atoms. The number of hydrogen-bond acceptors (Lipinski definition) is 3. The molecule has 0 aromatic heterocycles. The number of rotatable bonds is 5. The molecule has 3 unspecified atom stereocenters. The quantitative estimate of drug-likeness (QED) is 0.338. The number of amidine groups is 1. The van der Waals surface area contributed by atoms with Gasteiger partial charge >= 0.3 is 0 Å². The monoisotopic (exact) mass is 293 g/mol. The first-order valence-electron chi connectivity index (χ1n) is 7.55. The van der Waals surface area contributed by atoms with Crippen LogP contribution in [0, 0.1) is 17.7 Å². The first kappa shape index (κ1) is 15.8. The van der Waals surface area contributed by atoms with Gasteiger partial charge in [0.25, 0.3) is 0 Å². The molecule has 0 radical (unpaired) electrons. The van der Waals surface area contributed by atoms with Crippen molar-refractivity contribution in [1.82, 2.24) is 5.32 Å². The molecule has 1 fully saturated rings. The predicted octanol–water partition coefficient (Wildman–Crippen LogP) is 2.83. The number of oxime groups is 1. The summed E-state index contributed by atoms with van der Waals surface area (Å²) < 4.78 is 13.6. The maximum absolute atomic E-state index is 13.6. The third kappa shape index (κ3) is 3.73. The molecule has 1 aromatic rings. The molecule has 0 spiro atoms. The summed E-state index contributed by atoms with van der Waals surface area (Å²) in [6.45, 7) is 5.11. The van der Waals surface area contributed by atoms with Gasteiger partial charge in [0, 0.05) is 18.2 Å². The second-order valence-corrected chi connectivity index (χ2v) is 5.93. The zero-order valence-electron chi connectivity index (χ0n) is 12.6. The molecule has 1 saturated carbocycles. The van der Waals surface area contributed by atoms with Crippen LogP contribution < -0.4 is 11.1 Å². The average molecular weight is 293 g/mol. The van der Waals surface area contributed by atoms with Crippen molar-refractivity contribution >= 4 is 5.84 Å². The highest BCUT2D eigenvalue weighted by molar-refractivity contribution is 5.97. The lowest BCUT2D eigenvalue weighted by Crippen LogP contribution is -2.32. The van der Waals surface area contributed by atoms with Crippen molar-refractivity contribution in [3.8, 4) is 0 Å². The van der Waals surface area contributed by atoms with Crippen LogP contribution in [-0.4, -0.2) is 17.1 Å². The first-order chi connectivity index (χ1) is 10.0. The zero-order chi connectivity index (χ0) is 15.4. The topological polar surface area (TPSA) is 70.6 Å². The van der Waals surface area contributed by atoms with Gasteiger partial charge in [0.15, 0.2) is 5.84 Å². The number of nitrogens with one attached hydrogen (secondary N) is 1. The summed E-state index contributed by atoms with van der Waals surface area (Å²) in [6.07, 6.45) is 3.64. The first-order valence-corrected chi connectivity index (χ1v) is 7.55. The summed E-state index contributed by atoms with van der Waals surface area (Å²) in [7, 11) is 0. The third-order valence-corrected chi connectivity index (χ3v) is 4.68. The van der Waals surface area contributed by atoms with Crippen molar-refractivity contribution < 1.29 is 9.60 Å². The molecule has 0 saturated heterocycles. The Morgan fingerprint density at radius 1 is 1.43 bits per heavy atom. The van der Waals surface area contributed by atoms with Gasteiger partial charge in [-0.1, -0.05) is 25.4 Å². The van der Waals surface area contributed by atoms with E-state index >= 15 is 0 Å². The lowest BCUT2D eigenvalue weighted by atomic mass is 9.93. The van der Waals surface area contributed by atoms with Gasteiger partial charge in [-0.2, -0.15) is 0 Å². The molecule has 5 heteroatoms. The summed E-state index contributed by atoms with van der Waals surface area (Å²) in [4.78, 5) is 0. The number of hydrogen-bond donors (Lipinski definition) is 3. The Bertz CT molecular complexity index is 518. The fourth-order valence-corrected chi connectivity index (χ4v) is 3.32. The Hall–Kier alpha value is -1.62. The molecule has 2 rings (SSSR count). The SMILES string of the molecule is CCC1CCC(NCc2cc(F)cc(/C(N)=N/O)c2)C1C. The average Bonchev–Trinajstić information content (AvgIpc) is 2.84. The minimum absolute atomic E-state index is 0.0731. The molecule has 116 valence electrons. The van der Waals surface area contributed by atoms with Crippen LogP contribution >= 0.6 is 0 Å². The Morgan fingerprint density at radius 3 is 2.81 bits per heavy atom. The van der Waals surface area contributed by atoms with Crippen molar-refractivity contribution in [3.63, 3.8) is 0 Å². The van der Waals surface area contributed by atoms with E-state index in [0.29, 0.717) is 24.1 Å². The largest absolute Gasteiger partial charge is 0.409 e. The molecule has 1 aromatic carbocycles. The van der Waals surface area contributed by atoms with Gasteiger partial charge in [-0.25, -0.2) is 4.39 Å². The number of nitrogens with zero attached hydrogens (tertiary/aromatic N) is 1. The highest BCUT2D eigenvalue weighted by atomic mass is 19.1. The van der Waals surface area contributed by atoms with E-state index in [1.807, 2.05) is 0 Å². The summed E-state index contributed by atoms with van der Waals surface area (Å²) >= 11 is 0. The Kier molecular flexibility index (Phi) is 5.17. The van der Waals surface area contributed by atoms with Crippen LogP contribution in [0.25, 0.3) is 0 Å². The standard InChI is InChI=1S/C16H24FN3O/c1-3-12-4-5-15(10(12)2)19-9-11-6-13(16(18)20-21)8-14(17)7-11/h6-8,10,12,15,19,21H,3-5,9H2,1-2H3,(H2,18,20). The molecule has 0 aliphatic heterocycles. The molecule has 4 N–H and O–H groups in total. The summed E-state index contributed by atoms with van der Waals surface area (Å²) in [5, 5.41) is 15.1. The van der Waals surface area contributed by atoms with Gasteiger partial charge in [-0.05, 0) is 48.4 Å². The zero-order valence-corrected chi connectivity index (χ0v) is 12.6. The van der Waals surface area contributed by atoms with Crippen molar-refractivity contribution in [2.24, 2.45) is 22.7 Å². The maximum atomic E-state index is 13.6. The lowest BCUT2D eigenvalue weighted by molar-refractivity contribution is 0.318. The predicted molar refractivity (Wildman–Crippen MR) is 81.7 cm³/mol. The second kappa shape index (κ2) is 6.89. The molecule has 1 aliphatic carbocycles. The Labute approximate surface area is 125 Å². The van der Waals surface area contributed by atoms with Crippen LogP contribution in [0.1, 0.15) is 44.2 Å². The summed E-state index contributed by atoms with van der Waals surface area (Å²) in [6, 6.07) is 4.98. The molecule has 3 atom stereocenters. The number of benzene rings is 1. The normalized spacial score (nSPS) is 26.2. The molecule has 0 heterocycles. The van der Waals surface area contributed by atoms with Crippen LogP contribution in [0.15, 0.2) is 23.4 Å². The number of nitrogens with two attached hydrogens (primary N) is 1. The molecule has 0 bridgehead atoms. The molecule has 4 nitrogen and oxygen atoms in total. The minimum atomic E-state index is -0.373. The van der Waals surface area contributed by atoms with Crippen LogP contribution in [0.3, 0.4) is 0 Å². The van der Waals surface area contributed by atoms with E-state index < -0.39 is 0 Å². The van der Waals surface area contributed by atoms with E-state index in [0.717, 1.165) is 11.5 Å². The highest BCUT2D eigenvalue weighted by Crippen LogP contribution is 2.33. The van der Waals surface area contributed by atoms with Gasteiger partial charge in [0.2, 0.25) is 0 Å². The van der Waals surface area contributed by atoms with Gasteiger partial charge in [-0.15, -0.1) is 0 Å². The molecular weight excluding hydrogens is 269 g/mol.